The van der Waals surface area contributed by atoms with Crippen molar-refractivity contribution in [2.45, 2.75) is 18.4 Å². The number of aromatic nitrogens is 2. The van der Waals surface area contributed by atoms with Crippen molar-refractivity contribution in [1.82, 2.24) is 10.2 Å². The Hall–Kier alpha value is -2.08. The highest BCUT2D eigenvalue weighted by atomic mass is 35.5. The molecule has 0 spiro atoms. The van der Waals surface area contributed by atoms with E-state index in [4.69, 9.17) is 23.2 Å². The van der Waals surface area contributed by atoms with Crippen molar-refractivity contribution in [1.29, 1.82) is 0 Å². The van der Waals surface area contributed by atoms with Gasteiger partial charge in [0.05, 0.1) is 21.5 Å². The van der Waals surface area contributed by atoms with Crippen molar-refractivity contribution in [2.24, 2.45) is 0 Å². The van der Waals surface area contributed by atoms with Crippen molar-refractivity contribution >= 4 is 46.6 Å². The van der Waals surface area contributed by atoms with Gasteiger partial charge in [-0.3, -0.25) is 4.79 Å². The fourth-order valence-corrected chi connectivity index (χ4v) is 3.28. The number of aryl methyl sites for hydroxylation is 1. The number of thioether (sulfide) groups is 1. The first kappa shape index (κ1) is 19.7. The predicted octanol–water partition coefficient (Wildman–Crippen LogP) is 5.74. The topological polar surface area (TPSA) is 54.9 Å². The van der Waals surface area contributed by atoms with Crippen molar-refractivity contribution < 1.29 is 4.79 Å². The van der Waals surface area contributed by atoms with Crippen molar-refractivity contribution in [3.05, 3.63) is 70.2 Å². The Kier molecular flexibility index (Phi) is 6.72. The van der Waals surface area contributed by atoms with Crippen LogP contribution in [0.5, 0.6) is 0 Å². The second kappa shape index (κ2) is 9.22. The Labute approximate surface area is 172 Å². The maximum Gasteiger partial charge on any atom is 0.234 e. The second-order valence-electron chi connectivity index (χ2n) is 5.77. The molecule has 0 saturated carbocycles. The van der Waals surface area contributed by atoms with Crippen LogP contribution in [0.25, 0.3) is 11.3 Å². The van der Waals surface area contributed by atoms with Crippen molar-refractivity contribution in [3.8, 4) is 11.3 Å². The first-order valence-electron chi connectivity index (χ1n) is 8.36. The van der Waals surface area contributed by atoms with Gasteiger partial charge in [0, 0.05) is 11.3 Å². The maximum absolute atomic E-state index is 12.1. The van der Waals surface area contributed by atoms with Gasteiger partial charge in [-0.15, -0.1) is 10.2 Å². The fraction of sp³-hybridized carbons (Fsp3) is 0.150. The lowest BCUT2D eigenvalue weighted by Gasteiger charge is -2.06. The number of hydrogen-bond donors (Lipinski definition) is 1. The van der Waals surface area contributed by atoms with Crippen LogP contribution in [0.1, 0.15) is 12.5 Å². The van der Waals surface area contributed by atoms with Gasteiger partial charge in [-0.2, -0.15) is 0 Å². The molecule has 7 heteroatoms. The monoisotopic (exact) mass is 417 g/mol. The number of halogens is 2. The molecule has 27 heavy (non-hydrogen) atoms. The smallest absolute Gasteiger partial charge is 0.234 e. The van der Waals surface area contributed by atoms with Crippen LogP contribution in [0.15, 0.2) is 59.6 Å². The summed E-state index contributed by atoms with van der Waals surface area (Å²) in [4.78, 5) is 12.1. The standard InChI is InChI=1S/C20H17Cl2N3OS/c1-2-13-3-5-14(6-4-13)18-9-10-20(25-24-18)27-12-19(26)23-15-7-8-16(21)17(22)11-15/h3-11H,2,12H2,1H3,(H,23,26). The average Bonchev–Trinajstić information content (AvgIpc) is 2.70. The summed E-state index contributed by atoms with van der Waals surface area (Å²) in [5.41, 5.74) is 3.72. The molecule has 0 atom stereocenters. The minimum atomic E-state index is -0.153. The number of nitrogens with one attached hydrogen (secondary N) is 1. The van der Waals surface area contributed by atoms with E-state index < -0.39 is 0 Å². The van der Waals surface area contributed by atoms with Crippen LogP contribution in [0.2, 0.25) is 10.0 Å². The average molecular weight is 418 g/mol. The SMILES string of the molecule is CCc1ccc(-c2ccc(SCC(=O)Nc3ccc(Cl)c(Cl)c3)nn2)cc1. The molecule has 3 aromatic rings. The molecule has 1 heterocycles. The number of carbonyl (C=O) groups excluding carboxylic acids is 1. The number of benzene rings is 2. The number of anilines is 1. The highest BCUT2D eigenvalue weighted by molar-refractivity contribution is 7.99. The second-order valence-corrected chi connectivity index (χ2v) is 7.58. The van der Waals surface area contributed by atoms with Gasteiger partial charge < -0.3 is 5.32 Å². The van der Waals surface area contributed by atoms with E-state index in [9.17, 15) is 4.79 Å². The lowest BCUT2D eigenvalue weighted by atomic mass is 10.1. The van der Waals surface area contributed by atoms with E-state index >= 15 is 0 Å². The van der Waals surface area contributed by atoms with Crippen LogP contribution in [0.3, 0.4) is 0 Å². The molecule has 1 amide bonds. The zero-order valence-electron chi connectivity index (χ0n) is 14.6. The molecule has 0 radical (unpaired) electrons. The molecule has 4 nitrogen and oxygen atoms in total. The normalized spacial score (nSPS) is 10.6. The van der Waals surface area contributed by atoms with Gasteiger partial charge in [0.25, 0.3) is 0 Å². The van der Waals surface area contributed by atoms with Crippen LogP contribution in [-0.4, -0.2) is 21.9 Å². The number of hydrogen-bond acceptors (Lipinski definition) is 4. The molecule has 1 N–H and O–H groups in total. The van der Waals surface area contributed by atoms with E-state index in [-0.39, 0.29) is 11.7 Å². The minimum absolute atomic E-state index is 0.153. The molecule has 3 rings (SSSR count). The molecular weight excluding hydrogens is 401 g/mol. The Morgan fingerprint density at radius 2 is 1.78 bits per heavy atom. The summed E-state index contributed by atoms with van der Waals surface area (Å²) >= 11 is 13.1. The molecule has 0 unspecified atom stereocenters. The highest BCUT2D eigenvalue weighted by Crippen LogP contribution is 2.25. The van der Waals surface area contributed by atoms with Gasteiger partial charge in [-0.1, -0.05) is 66.2 Å². The zero-order valence-corrected chi connectivity index (χ0v) is 16.9. The Balaban J connectivity index is 1.56. The van der Waals surface area contributed by atoms with Crippen molar-refractivity contribution in [3.63, 3.8) is 0 Å². The van der Waals surface area contributed by atoms with Gasteiger partial charge in [-0.25, -0.2) is 0 Å². The maximum atomic E-state index is 12.1. The summed E-state index contributed by atoms with van der Waals surface area (Å²) in [6, 6.07) is 17.0. The minimum Gasteiger partial charge on any atom is -0.325 e. The van der Waals surface area contributed by atoms with Crippen LogP contribution in [0, 0.1) is 0 Å². The van der Waals surface area contributed by atoms with Crippen LogP contribution in [0.4, 0.5) is 5.69 Å². The summed E-state index contributed by atoms with van der Waals surface area (Å²) < 4.78 is 0. The van der Waals surface area contributed by atoms with Gasteiger partial charge >= 0.3 is 0 Å². The van der Waals surface area contributed by atoms with Crippen LogP contribution >= 0.6 is 35.0 Å². The Morgan fingerprint density at radius 1 is 1.00 bits per heavy atom. The summed E-state index contributed by atoms with van der Waals surface area (Å²) in [5.74, 6) is 0.0684. The number of nitrogens with zero attached hydrogens (tertiary/aromatic N) is 2. The molecule has 138 valence electrons. The Morgan fingerprint density at radius 3 is 2.41 bits per heavy atom. The van der Waals surface area contributed by atoms with Gasteiger partial charge in [0.2, 0.25) is 5.91 Å². The largest absolute Gasteiger partial charge is 0.325 e. The van der Waals surface area contributed by atoms with E-state index in [1.807, 2.05) is 24.3 Å². The lowest BCUT2D eigenvalue weighted by molar-refractivity contribution is -0.113. The van der Waals surface area contributed by atoms with Gasteiger partial charge in [-0.05, 0) is 42.3 Å². The third-order valence-electron chi connectivity index (χ3n) is 3.85. The summed E-state index contributed by atoms with van der Waals surface area (Å²) in [6.07, 6.45) is 1.01. The van der Waals surface area contributed by atoms with Crippen LogP contribution < -0.4 is 5.32 Å². The van der Waals surface area contributed by atoms with E-state index in [1.54, 1.807) is 18.2 Å². The third kappa shape index (κ3) is 5.45. The third-order valence-corrected chi connectivity index (χ3v) is 5.51. The molecule has 0 bridgehead atoms. The summed E-state index contributed by atoms with van der Waals surface area (Å²) in [7, 11) is 0. The highest BCUT2D eigenvalue weighted by Gasteiger charge is 2.07. The molecule has 0 aliphatic carbocycles. The van der Waals surface area contributed by atoms with Gasteiger partial charge in [0.1, 0.15) is 5.03 Å². The first-order chi connectivity index (χ1) is 13.0. The number of amides is 1. The van der Waals surface area contributed by atoms with E-state index in [0.717, 1.165) is 17.7 Å². The first-order valence-corrected chi connectivity index (χ1v) is 10.1. The number of carbonyl (C=O) groups is 1. The quantitative estimate of drug-likeness (QED) is 0.519. The number of rotatable bonds is 6. The van der Waals surface area contributed by atoms with Crippen LogP contribution in [-0.2, 0) is 11.2 Å². The van der Waals surface area contributed by atoms with E-state index in [1.165, 1.54) is 17.3 Å². The molecule has 0 fully saturated rings. The molecule has 2 aromatic carbocycles. The Bertz CT molecular complexity index is 931. The van der Waals surface area contributed by atoms with Gasteiger partial charge in [0.15, 0.2) is 0 Å². The lowest BCUT2D eigenvalue weighted by Crippen LogP contribution is -2.14. The fourth-order valence-electron chi connectivity index (χ4n) is 2.37. The van der Waals surface area contributed by atoms with E-state index in [0.29, 0.717) is 20.8 Å². The molecule has 0 aliphatic heterocycles. The zero-order chi connectivity index (χ0) is 19.2. The molecular formula is C20H17Cl2N3OS. The summed E-state index contributed by atoms with van der Waals surface area (Å²) in [6.45, 7) is 2.12. The molecule has 0 saturated heterocycles. The molecule has 0 aliphatic rings. The van der Waals surface area contributed by atoms with E-state index in [2.05, 4.69) is 34.6 Å². The van der Waals surface area contributed by atoms with Crippen molar-refractivity contribution in [2.75, 3.05) is 11.1 Å². The molecule has 1 aromatic heterocycles. The predicted molar refractivity (Wildman–Crippen MR) is 113 cm³/mol. The summed E-state index contributed by atoms with van der Waals surface area (Å²) in [5, 5.41) is 12.8.